The van der Waals surface area contributed by atoms with Crippen molar-refractivity contribution in [3.8, 4) is 0 Å². The molecular weight excluding hydrogens is 410 g/mol. The van der Waals surface area contributed by atoms with E-state index < -0.39 is 5.60 Å². The van der Waals surface area contributed by atoms with Gasteiger partial charge in [-0.15, -0.1) is 11.3 Å². The summed E-state index contributed by atoms with van der Waals surface area (Å²) in [5.41, 5.74) is 0.434. The van der Waals surface area contributed by atoms with Gasteiger partial charge in [-0.2, -0.15) is 4.98 Å². The summed E-state index contributed by atoms with van der Waals surface area (Å²) in [4.78, 5) is 24.7. The van der Waals surface area contributed by atoms with E-state index in [1.165, 1.54) is 4.88 Å². The number of fused-ring (bicyclic) bond motifs is 1. The Hall–Kier alpha value is -1.44. The van der Waals surface area contributed by atoms with E-state index in [-0.39, 0.29) is 23.1 Å². The van der Waals surface area contributed by atoms with Crippen molar-refractivity contribution < 1.29 is 14.3 Å². The third kappa shape index (κ3) is 5.80. The third-order valence-corrected chi connectivity index (χ3v) is 6.52. The first-order valence-electron chi connectivity index (χ1n) is 10.2. The van der Waals surface area contributed by atoms with Gasteiger partial charge in [-0.1, -0.05) is 13.8 Å². The van der Waals surface area contributed by atoms with Gasteiger partial charge in [0.2, 0.25) is 5.28 Å². The fraction of sp³-hybridized carbons (Fsp3) is 0.667. The van der Waals surface area contributed by atoms with Gasteiger partial charge < -0.3 is 14.4 Å². The van der Waals surface area contributed by atoms with E-state index in [2.05, 4.69) is 27.9 Å². The van der Waals surface area contributed by atoms with Crippen molar-refractivity contribution in [2.75, 3.05) is 31.2 Å². The standard InChI is InChI=1S/C21H30ClN3O3S/c1-13(14(2)19(26)28-21(3,4)5)6-7-15-12-16-17(29-15)18(24-20(22)23-16)25-8-10-27-11-9-25/h12-14H,6-11H2,1-5H3. The monoisotopic (exact) mass is 439 g/mol. The first-order chi connectivity index (χ1) is 13.6. The molecule has 1 fully saturated rings. The van der Waals surface area contributed by atoms with E-state index in [0.717, 1.165) is 42.0 Å². The number of aryl methyl sites for hydroxylation is 1. The largest absolute Gasteiger partial charge is 0.460 e. The number of anilines is 1. The maximum atomic E-state index is 12.3. The molecule has 1 saturated heterocycles. The van der Waals surface area contributed by atoms with E-state index in [4.69, 9.17) is 21.1 Å². The van der Waals surface area contributed by atoms with Gasteiger partial charge in [-0.05, 0) is 57.2 Å². The number of hydrogen-bond acceptors (Lipinski definition) is 7. The second kappa shape index (κ2) is 9.14. The summed E-state index contributed by atoms with van der Waals surface area (Å²) in [5.74, 6) is 0.855. The highest BCUT2D eigenvalue weighted by molar-refractivity contribution is 7.19. The van der Waals surface area contributed by atoms with Crippen molar-refractivity contribution in [2.45, 2.75) is 53.1 Å². The van der Waals surface area contributed by atoms with Crippen LogP contribution in [0.5, 0.6) is 0 Å². The number of thiophene rings is 1. The molecule has 0 aromatic carbocycles. The number of ether oxygens (including phenoxy) is 2. The smallest absolute Gasteiger partial charge is 0.309 e. The highest BCUT2D eigenvalue weighted by Gasteiger charge is 2.26. The molecule has 0 amide bonds. The zero-order chi connectivity index (χ0) is 21.2. The molecule has 3 heterocycles. The first-order valence-corrected chi connectivity index (χ1v) is 11.3. The molecule has 2 aromatic rings. The molecule has 0 N–H and O–H groups in total. The lowest BCUT2D eigenvalue weighted by molar-refractivity contribution is -0.161. The van der Waals surface area contributed by atoms with Crippen LogP contribution in [0.1, 0.15) is 45.9 Å². The number of carbonyl (C=O) groups is 1. The van der Waals surface area contributed by atoms with E-state index in [1.54, 1.807) is 11.3 Å². The number of esters is 1. The molecule has 160 valence electrons. The second-order valence-corrected chi connectivity index (χ2v) is 10.2. The summed E-state index contributed by atoms with van der Waals surface area (Å²) in [7, 11) is 0. The minimum Gasteiger partial charge on any atom is -0.460 e. The Balaban J connectivity index is 1.70. The fourth-order valence-electron chi connectivity index (χ4n) is 3.30. The van der Waals surface area contributed by atoms with Gasteiger partial charge in [0.15, 0.2) is 5.82 Å². The van der Waals surface area contributed by atoms with Crippen LogP contribution in [0, 0.1) is 11.8 Å². The van der Waals surface area contributed by atoms with Crippen molar-refractivity contribution in [3.05, 3.63) is 16.2 Å². The maximum absolute atomic E-state index is 12.3. The summed E-state index contributed by atoms with van der Waals surface area (Å²) in [6.45, 7) is 12.8. The van der Waals surface area contributed by atoms with Crippen molar-refractivity contribution in [3.63, 3.8) is 0 Å². The van der Waals surface area contributed by atoms with Crippen LogP contribution in [-0.2, 0) is 20.7 Å². The fourth-order valence-corrected chi connectivity index (χ4v) is 4.60. The maximum Gasteiger partial charge on any atom is 0.309 e. The van der Waals surface area contributed by atoms with Gasteiger partial charge >= 0.3 is 5.97 Å². The van der Waals surface area contributed by atoms with E-state index in [9.17, 15) is 4.79 Å². The summed E-state index contributed by atoms with van der Waals surface area (Å²) < 4.78 is 12.1. The van der Waals surface area contributed by atoms with Gasteiger partial charge in [0.1, 0.15) is 5.60 Å². The lowest BCUT2D eigenvalue weighted by Crippen LogP contribution is -2.36. The van der Waals surface area contributed by atoms with Gasteiger partial charge in [0, 0.05) is 18.0 Å². The normalized spacial score (nSPS) is 17.4. The Morgan fingerprint density at radius 2 is 2.00 bits per heavy atom. The zero-order valence-corrected chi connectivity index (χ0v) is 19.4. The minimum absolute atomic E-state index is 0.131. The summed E-state index contributed by atoms with van der Waals surface area (Å²) in [5, 5.41) is 0.273. The summed E-state index contributed by atoms with van der Waals surface area (Å²) >= 11 is 7.90. The van der Waals surface area contributed by atoms with Crippen LogP contribution in [0.2, 0.25) is 5.28 Å². The van der Waals surface area contributed by atoms with Gasteiger partial charge in [-0.3, -0.25) is 4.79 Å². The van der Waals surface area contributed by atoms with Crippen LogP contribution >= 0.6 is 22.9 Å². The predicted molar refractivity (Wildman–Crippen MR) is 118 cm³/mol. The molecule has 0 saturated carbocycles. The summed E-state index contributed by atoms with van der Waals surface area (Å²) in [6, 6.07) is 2.10. The third-order valence-electron chi connectivity index (χ3n) is 5.17. The van der Waals surface area contributed by atoms with Crippen molar-refractivity contribution in [1.82, 2.24) is 9.97 Å². The van der Waals surface area contributed by atoms with Crippen LogP contribution in [-0.4, -0.2) is 47.8 Å². The lowest BCUT2D eigenvalue weighted by atomic mass is 9.91. The molecule has 1 aliphatic rings. The number of carbonyl (C=O) groups excluding carboxylic acids is 1. The summed E-state index contributed by atoms with van der Waals surface area (Å²) in [6.07, 6.45) is 1.79. The van der Waals surface area contributed by atoms with Gasteiger partial charge in [-0.25, -0.2) is 4.98 Å². The Morgan fingerprint density at radius 3 is 2.66 bits per heavy atom. The second-order valence-electron chi connectivity index (χ2n) is 8.68. The first kappa shape index (κ1) is 22.2. The number of aromatic nitrogens is 2. The molecule has 29 heavy (non-hydrogen) atoms. The van der Waals surface area contributed by atoms with Gasteiger partial charge in [0.25, 0.3) is 0 Å². The highest BCUT2D eigenvalue weighted by atomic mass is 35.5. The topological polar surface area (TPSA) is 64.5 Å². The molecule has 2 aromatic heterocycles. The molecule has 0 bridgehead atoms. The zero-order valence-electron chi connectivity index (χ0n) is 17.8. The molecule has 6 nitrogen and oxygen atoms in total. The van der Waals surface area contributed by atoms with Crippen LogP contribution in [0.3, 0.4) is 0 Å². The van der Waals surface area contributed by atoms with Crippen LogP contribution < -0.4 is 4.90 Å². The molecular formula is C21H30ClN3O3S. The lowest BCUT2D eigenvalue weighted by Gasteiger charge is -2.28. The predicted octanol–water partition coefficient (Wildman–Crippen LogP) is 4.73. The van der Waals surface area contributed by atoms with E-state index in [0.29, 0.717) is 13.2 Å². The number of morpholine rings is 1. The van der Waals surface area contributed by atoms with Crippen molar-refractivity contribution in [2.24, 2.45) is 11.8 Å². The molecule has 0 aliphatic carbocycles. The molecule has 2 unspecified atom stereocenters. The Labute approximate surface area is 181 Å². The Bertz CT molecular complexity index is 859. The van der Waals surface area contributed by atoms with E-state index in [1.807, 2.05) is 27.7 Å². The van der Waals surface area contributed by atoms with Crippen molar-refractivity contribution in [1.29, 1.82) is 0 Å². The van der Waals surface area contributed by atoms with Crippen LogP contribution in [0.15, 0.2) is 6.07 Å². The van der Waals surface area contributed by atoms with E-state index >= 15 is 0 Å². The average molecular weight is 440 g/mol. The number of nitrogens with zero attached hydrogens (tertiary/aromatic N) is 3. The van der Waals surface area contributed by atoms with Crippen LogP contribution in [0.25, 0.3) is 10.2 Å². The molecule has 1 aliphatic heterocycles. The molecule has 2 atom stereocenters. The molecule has 0 spiro atoms. The number of hydrogen-bond donors (Lipinski definition) is 0. The number of halogens is 1. The molecule has 8 heteroatoms. The van der Waals surface area contributed by atoms with Crippen molar-refractivity contribution >= 4 is 44.9 Å². The quantitative estimate of drug-likeness (QED) is 0.479. The molecule has 3 rings (SSSR count). The van der Waals surface area contributed by atoms with Gasteiger partial charge in [0.05, 0.1) is 29.3 Å². The minimum atomic E-state index is -0.454. The molecule has 0 radical (unpaired) electrons. The van der Waals surface area contributed by atoms with Crippen LogP contribution in [0.4, 0.5) is 5.82 Å². The Kier molecular flexibility index (Phi) is 7.02. The Morgan fingerprint density at radius 1 is 1.31 bits per heavy atom. The average Bonchev–Trinajstić information content (AvgIpc) is 3.06. The SMILES string of the molecule is CC(CCc1cc2nc(Cl)nc(N3CCOCC3)c2s1)C(C)C(=O)OC(C)(C)C. The highest BCUT2D eigenvalue weighted by Crippen LogP contribution is 2.34. The number of rotatable bonds is 6.